The van der Waals surface area contributed by atoms with Crippen LogP contribution >= 0.6 is 23.2 Å². The molecule has 4 rings (SSSR count). The van der Waals surface area contributed by atoms with E-state index >= 15 is 0 Å². The van der Waals surface area contributed by atoms with Crippen molar-refractivity contribution in [1.82, 2.24) is 4.90 Å². The van der Waals surface area contributed by atoms with E-state index in [-0.39, 0.29) is 22.6 Å². The molecule has 0 radical (unpaired) electrons. The average molecular weight is 525 g/mol. The highest BCUT2D eigenvalue weighted by Gasteiger charge is 2.23. The topological polar surface area (TPSA) is 78.7 Å². The van der Waals surface area contributed by atoms with Crippen molar-refractivity contribution < 1.29 is 9.72 Å². The second-order valence-corrected chi connectivity index (χ2v) is 9.39. The van der Waals surface area contributed by atoms with Gasteiger partial charge in [-0.2, -0.15) is 0 Å². The van der Waals surface area contributed by atoms with E-state index in [2.05, 4.69) is 10.2 Å². The molecule has 0 bridgehead atoms. The lowest BCUT2D eigenvalue weighted by atomic mass is 10.1. The van der Waals surface area contributed by atoms with E-state index in [4.69, 9.17) is 23.2 Å². The summed E-state index contributed by atoms with van der Waals surface area (Å²) >= 11 is 12.1. The van der Waals surface area contributed by atoms with Crippen molar-refractivity contribution in [3.8, 4) is 0 Å². The molecular weight excluding hydrogens is 499 g/mol. The van der Waals surface area contributed by atoms with Gasteiger partial charge in [0, 0.05) is 60.1 Å². The fraction of sp³-hybridized carbons (Fsp3) is 0.222. The fourth-order valence-electron chi connectivity index (χ4n) is 4.14. The SMILES string of the molecule is CC(Nc1cc(N2CCN(C(=O)/C=C/c3ccc(Cl)cc3Cl)CC2)ccc1[N+](=O)[O-])c1ccccc1. The molecule has 1 atom stereocenters. The molecule has 0 aromatic heterocycles. The van der Waals surface area contributed by atoms with Gasteiger partial charge in [0.25, 0.3) is 5.69 Å². The van der Waals surface area contributed by atoms with E-state index in [9.17, 15) is 14.9 Å². The van der Waals surface area contributed by atoms with Crippen LogP contribution in [0, 0.1) is 10.1 Å². The van der Waals surface area contributed by atoms with Crippen molar-refractivity contribution >= 4 is 52.2 Å². The minimum atomic E-state index is -0.375. The Morgan fingerprint density at radius 3 is 2.42 bits per heavy atom. The Bertz CT molecular complexity index is 1280. The van der Waals surface area contributed by atoms with Crippen molar-refractivity contribution in [3.05, 3.63) is 104 Å². The number of hydrogen-bond donors (Lipinski definition) is 1. The molecule has 1 saturated heterocycles. The Kier molecular flexibility index (Phi) is 8.13. The van der Waals surface area contributed by atoms with E-state index in [0.717, 1.165) is 16.8 Å². The predicted molar refractivity (Wildman–Crippen MR) is 146 cm³/mol. The van der Waals surface area contributed by atoms with Gasteiger partial charge in [0.05, 0.1) is 4.92 Å². The minimum Gasteiger partial charge on any atom is -0.373 e. The third-order valence-corrected chi connectivity index (χ3v) is 6.74. The van der Waals surface area contributed by atoms with Gasteiger partial charge in [0.2, 0.25) is 5.91 Å². The maximum atomic E-state index is 12.7. The molecular formula is C27H26Cl2N4O3. The van der Waals surface area contributed by atoms with Crippen LogP contribution in [0.5, 0.6) is 0 Å². The number of rotatable bonds is 7. The first-order chi connectivity index (χ1) is 17.3. The summed E-state index contributed by atoms with van der Waals surface area (Å²) < 4.78 is 0. The largest absolute Gasteiger partial charge is 0.373 e. The number of carbonyl (C=O) groups excluding carboxylic acids is 1. The minimum absolute atomic E-state index is 0.0290. The van der Waals surface area contributed by atoms with E-state index in [1.54, 1.807) is 35.2 Å². The summed E-state index contributed by atoms with van der Waals surface area (Å²) in [6.45, 7) is 4.29. The summed E-state index contributed by atoms with van der Waals surface area (Å²) in [6, 6.07) is 19.9. The monoisotopic (exact) mass is 524 g/mol. The molecule has 1 heterocycles. The second kappa shape index (κ2) is 11.5. The summed E-state index contributed by atoms with van der Waals surface area (Å²) in [5, 5.41) is 16.0. The van der Waals surface area contributed by atoms with Crippen molar-refractivity contribution in [2.75, 3.05) is 36.4 Å². The Hall–Kier alpha value is -3.55. The molecule has 1 aliphatic heterocycles. The number of piperazine rings is 1. The summed E-state index contributed by atoms with van der Waals surface area (Å²) in [6.07, 6.45) is 3.21. The quantitative estimate of drug-likeness (QED) is 0.218. The van der Waals surface area contributed by atoms with E-state index in [1.807, 2.05) is 43.3 Å². The standard InChI is InChI=1S/C27H26Cl2N4O3/c1-19(20-5-3-2-4-6-20)30-25-18-23(10-11-26(25)33(35)36)31-13-15-32(16-14-31)27(34)12-8-21-7-9-22(28)17-24(21)29/h2-12,17-19,30H,13-16H2,1H3/b12-8+. The normalized spacial score (nSPS) is 14.6. The first-order valence-corrected chi connectivity index (χ1v) is 12.3. The molecule has 0 saturated carbocycles. The molecule has 0 spiro atoms. The van der Waals surface area contributed by atoms with Gasteiger partial charge in [0.1, 0.15) is 5.69 Å². The van der Waals surface area contributed by atoms with Gasteiger partial charge in [0.15, 0.2) is 0 Å². The smallest absolute Gasteiger partial charge is 0.292 e. The Morgan fingerprint density at radius 1 is 1.03 bits per heavy atom. The Labute approximate surface area is 220 Å². The van der Waals surface area contributed by atoms with Crippen LogP contribution in [0.25, 0.3) is 6.08 Å². The van der Waals surface area contributed by atoms with Crippen LogP contribution in [0.15, 0.2) is 72.8 Å². The first kappa shape index (κ1) is 25.5. The number of amides is 1. The van der Waals surface area contributed by atoms with Gasteiger partial charge in [-0.15, -0.1) is 0 Å². The molecule has 3 aromatic carbocycles. The van der Waals surface area contributed by atoms with Crippen LogP contribution in [0.3, 0.4) is 0 Å². The van der Waals surface area contributed by atoms with Gasteiger partial charge in [-0.25, -0.2) is 0 Å². The average Bonchev–Trinajstić information content (AvgIpc) is 2.88. The lowest BCUT2D eigenvalue weighted by Gasteiger charge is -2.36. The van der Waals surface area contributed by atoms with Crippen molar-refractivity contribution in [2.45, 2.75) is 13.0 Å². The number of carbonyl (C=O) groups is 1. The summed E-state index contributed by atoms with van der Waals surface area (Å²) in [5.74, 6) is -0.0941. The first-order valence-electron chi connectivity index (χ1n) is 11.6. The maximum Gasteiger partial charge on any atom is 0.292 e. The Morgan fingerprint density at radius 2 is 1.75 bits per heavy atom. The molecule has 1 N–H and O–H groups in total. The highest BCUT2D eigenvalue weighted by atomic mass is 35.5. The highest BCUT2D eigenvalue weighted by molar-refractivity contribution is 6.35. The number of hydrogen-bond acceptors (Lipinski definition) is 5. The van der Waals surface area contributed by atoms with Crippen molar-refractivity contribution in [3.63, 3.8) is 0 Å². The molecule has 36 heavy (non-hydrogen) atoms. The zero-order valence-electron chi connectivity index (χ0n) is 19.7. The number of nitro groups is 1. The maximum absolute atomic E-state index is 12.7. The summed E-state index contributed by atoms with van der Waals surface area (Å²) in [4.78, 5) is 27.9. The number of anilines is 2. The number of benzene rings is 3. The highest BCUT2D eigenvalue weighted by Crippen LogP contribution is 2.33. The summed E-state index contributed by atoms with van der Waals surface area (Å²) in [7, 11) is 0. The van der Waals surface area contributed by atoms with Gasteiger partial charge in [-0.3, -0.25) is 14.9 Å². The van der Waals surface area contributed by atoms with Crippen molar-refractivity contribution in [1.29, 1.82) is 0 Å². The van der Waals surface area contributed by atoms with Crippen LogP contribution in [-0.2, 0) is 4.79 Å². The second-order valence-electron chi connectivity index (χ2n) is 8.55. The molecule has 1 amide bonds. The van der Waals surface area contributed by atoms with E-state index in [0.29, 0.717) is 41.9 Å². The van der Waals surface area contributed by atoms with Crippen molar-refractivity contribution in [2.24, 2.45) is 0 Å². The third kappa shape index (κ3) is 6.17. The molecule has 1 fully saturated rings. The lowest BCUT2D eigenvalue weighted by Crippen LogP contribution is -2.48. The van der Waals surface area contributed by atoms with E-state index in [1.165, 1.54) is 12.1 Å². The lowest BCUT2D eigenvalue weighted by molar-refractivity contribution is -0.384. The van der Waals surface area contributed by atoms with Crippen LogP contribution in [-0.4, -0.2) is 41.9 Å². The molecule has 3 aromatic rings. The fourth-order valence-corrected chi connectivity index (χ4v) is 4.61. The summed E-state index contributed by atoms with van der Waals surface area (Å²) in [5.41, 5.74) is 3.14. The molecule has 9 heteroatoms. The molecule has 7 nitrogen and oxygen atoms in total. The van der Waals surface area contributed by atoms with Gasteiger partial charge in [-0.05, 0) is 48.4 Å². The van der Waals surface area contributed by atoms with Gasteiger partial charge in [-0.1, -0.05) is 59.6 Å². The zero-order chi connectivity index (χ0) is 25.7. The van der Waals surface area contributed by atoms with Crippen LogP contribution in [0.4, 0.5) is 17.1 Å². The number of nitrogens with zero attached hydrogens (tertiary/aromatic N) is 3. The molecule has 1 aliphatic rings. The zero-order valence-corrected chi connectivity index (χ0v) is 21.2. The Balaban J connectivity index is 1.42. The van der Waals surface area contributed by atoms with Crippen LogP contribution in [0.1, 0.15) is 24.1 Å². The number of halogens is 2. The number of nitro benzene ring substituents is 1. The van der Waals surface area contributed by atoms with Crippen LogP contribution in [0.2, 0.25) is 10.0 Å². The molecule has 186 valence electrons. The number of nitrogens with one attached hydrogen (secondary N) is 1. The molecule has 0 aliphatic carbocycles. The third-order valence-electron chi connectivity index (χ3n) is 6.17. The van der Waals surface area contributed by atoms with Crippen LogP contribution < -0.4 is 10.2 Å². The van der Waals surface area contributed by atoms with Gasteiger partial charge >= 0.3 is 0 Å². The van der Waals surface area contributed by atoms with E-state index < -0.39 is 0 Å². The predicted octanol–water partition coefficient (Wildman–Crippen LogP) is 6.44. The van der Waals surface area contributed by atoms with Gasteiger partial charge < -0.3 is 15.1 Å². The molecule has 1 unspecified atom stereocenters.